The summed E-state index contributed by atoms with van der Waals surface area (Å²) in [6.45, 7) is 6.32. The summed E-state index contributed by atoms with van der Waals surface area (Å²) in [4.78, 5) is 25.2. The molecule has 0 aliphatic carbocycles. The van der Waals surface area contributed by atoms with Crippen molar-refractivity contribution < 1.29 is 23.8 Å². The second kappa shape index (κ2) is 7.09. The van der Waals surface area contributed by atoms with Crippen molar-refractivity contribution in [3.8, 4) is 0 Å². The summed E-state index contributed by atoms with van der Waals surface area (Å²) in [5.41, 5.74) is -0.575. The van der Waals surface area contributed by atoms with Crippen molar-refractivity contribution in [2.75, 3.05) is 33.9 Å². The Morgan fingerprint density at radius 2 is 1.67 bits per heavy atom. The molecule has 0 aromatic heterocycles. The van der Waals surface area contributed by atoms with Crippen LogP contribution in [0.3, 0.4) is 0 Å². The van der Waals surface area contributed by atoms with E-state index in [9.17, 15) is 9.59 Å². The molecule has 0 radical (unpaired) electrons. The number of amides is 2. The number of rotatable bonds is 4. The zero-order valence-corrected chi connectivity index (χ0v) is 13.5. The predicted octanol–water partition coefficient (Wildman–Crippen LogP) is 1.12. The third kappa shape index (κ3) is 5.51. The number of hydrogen-bond acceptors (Lipinski definition) is 5. The highest BCUT2D eigenvalue weighted by Gasteiger charge is 2.35. The quantitative estimate of drug-likeness (QED) is 0.788. The Morgan fingerprint density at radius 1 is 1.14 bits per heavy atom. The summed E-state index contributed by atoms with van der Waals surface area (Å²) in [7, 11) is 3.20. The first-order valence-electron chi connectivity index (χ1n) is 7.06. The zero-order chi connectivity index (χ0) is 16.1. The van der Waals surface area contributed by atoms with E-state index in [1.165, 1.54) is 0 Å². The van der Waals surface area contributed by atoms with Gasteiger partial charge >= 0.3 is 6.09 Å². The number of carbonyl (C=O) groups excluding carboxylic acids is 2. The highest BCUT2D eigenvalue weighted by atomic mass is 16.7. The van der Waals surface area contributed by atoms with Gasteiger partial charge in [0.05, 0.1) is 0 Å². The summed E-state index contributed by atoms with van der Waals surface area (Å²) in [6.07, 6.45) is 0.632. The molecular formula is C14H26N2O5. The van der Waals surface area contributed by atoms with Gasteiger partial charge in [-0.2, -0.15) is 0 Å². The topological polar surface area (TPSA) is 77.1 Å². The summed E-state index contributed by atoms with van der Waals surface area (Å²) < 4.78 is 15.8. The normalized spacial score (nSPS) is 18.2. The Kier molecular flexibility index (Phi) is 5.98. The summed E-state index contributed by atoms with van der Waals surface area (Å²) >= 11 is 0. The molecule has 0 atom stereocenters. The molecule has 0 bridgehead atoms. The smallest absolute Gasteiger partial charge is 0.408 e. The van der Waals surface area contributed by atoms with Gasteiger partial charge in [0.25, 0.3) is 0 Å². The molecule has 1 saturated heterocycles. The number of likely N-dealkylation sites (tertiary alicyclic amines) is 1. The first-order chi connectivity index (χ1) is 9.71. The van der Waals surface area contributed by atoms with E-state index >= 15 is 0 Å². The van der Waals surface area contributed by atoms with Crippen LogP contribution in [0.25, 0.3) is 0 Å². The largest absolute Gasteiger partial charge is 0.444 e. The molecule has 1 aliphatic rings. The molecule has 2 amide bonds. The van der Waals surface area contributed by atoms with Gasteiger partial charge in [-0.25, -0.2) is 4.79 Å². The Hall–Kier alpha value is -1.34. The lowest BCUT2D eigenvalue weighted by atomic mass is 10.0. The summed E-state index contributed by atoms with van der Waals surface area (Å²) in [6, 6.07) is 0. The van der Waals surface area contributed by atoms with Crippen molar-refractivity contribution in [3.05, 3.63) is 0 Å². The molecule has 1 aliphatic heterocycles. The molecule has 1 rings (SSSR count). The summed E-state index contributed by atoms with van der Waals surface area (Å²) in [5.74, 6) is -0.739. The Morgan fingerprint density at radius 3 is 2.10 bits per heavy atom. The van der Waals surface area contributed by atoms with E-state index in [1.54, 1.807) is 39.9 Å². The summed E-state index contributed by atoms with van der Waals surface area (Å²) in [5, 5.41) is 2.47. The fraction of sp³-hybridized carbons (Fsp3) is 0.857. The number of nitrogens with one attached hydrogen (secondary N) is 1. The number of methoxy groups -OCH3 is 2. The minimum absolute atomic E-state index is 0.0676. The maximum absolute atomic E-state index is 12.0. The van der Waals surface area contributed by atoms with Crippen molar-refractivity contribution in [2.24, 2.45) is 0 Å². The van der Waals surface area contributed by atoms with E-state index in [0.29, 0.717) is 25.9 Å². The monoisotopic (exact) mass is 302 g/mol. The van der Waals surface area contributed by atoms with Crippen molar-refractivity contribution in [2.45, 2.75) is 45.0 Å². The molecule has 0 spiro atoms. The Labute approximate surface area is 125 Å². The third-order valence-corrected chi connectivity index (χ3v) is 3.40. The van der Waals surface area contributed by atoms with Crippen LogP contribution in [0.15, 0.2) is 0 Å². The lowest BCUT2D eigenvalue weighted by molar-refractivity contribution is -0.228. The van der Waals surface area contributed by atoms with Gasteiger partial charge in [-0.3, -0.25) is 4.79 Å². The van der Waals surface area contributed by atoms with E-state index in [-0.39, 0.29) is 12.5 Å². The van der Waals surface area contributed by atoms with Crippen LogP contribution in [0.4, 0.5) is 4.79 Å². The van der Waals surface area contributed by atoms with Gasteiger partial charge in [-0.05, 0) is 20.8 Å². The van der Waals surface area contributed by atoms with Gasteiger partial charge < -0.3 is 24.4 Å². The van der Waals surface area contributed by atoms with Crippen LogP contribution in [-0.4, -0.2) is 62.1 Å². The lowest BCUT2D eigenvalue weighted by Crippen LogP contribution is -2.51. The zero-order valence-electron chi connectivity index (χ0n) is 13.5. The number of carbonyl (C=O) groups is 2. The number of piperidine rings is 1. The highest BCUT2D eigenvalue weighted by molar-refractivity contribution is 5.82. The Bertz CT molecular complexity index is 364. The molecule has 7 heteroatoms. The van der Waals surface area contributed by atoms with E-state index in [2.05, 4.69) is 5.32 Å². The molecule has 0 aromatic carbocycles. The Balaban J connectivity index is 2.36. The van der Waals surface area contributed by atoms with Gasteiger partial charge in [0.15, 0.2) is 5.79 Å². The highest BCUT2D eigenvalue weighted by Crippen LogP contribution is 2.26. The van der Waals surface area contributed by atoms with Gasteiger partial charge in [0.1, 0.15) is 12.1 Å². The number of nitrogens with zero attached hydrogens (tertiary/aromatic N) is 1. The first kappa shape index (κ1) is 17.7. The van der Waals surface area contributed by atoms with Crippen LogP contribution in [-0.2, 0) is 19.0 Å². The second-order valence-corrected chi connectivity index (χ2v) is 6.06. The molecule has 1 heterocycles. The lowest BCUT2D eigenvalue weighted by Gasteiger charge is -2.39. The van der Waals surface area contributed by atoms with Crippen molar-refractivity contribution >= 4 is 12.0 Å². The van der Waals surface area contributed by atoms with Crippen LogP contribution < -0.4 is 5.32 Å². The fourth-order valence-corrected chi connectivity index (χ4v) is 2.16. The number of alkyl carbamates (subject to hydrolysis) is 1. The van der Waals surface area contributed by atoms with E-state index in [0.717, 1.165) is 0 Å². The standard InChI is InChI=1S/C14H26N2O5/c1-13(2,3)21-12(18)15-10-11(17)16-8-6-14(19-4,20-5)7-9-16/h6-10H2,1-5H3,(H,15,18). The average Bonchev–Trinajstić information content (AvgIpc) is 2.43. The molecule has 122 valence electrons. The maximum atomic E-state index is 12.0. The van der Waals surface area contributed by atoms with Crippen LogP contribution in [0.5, 0.6) is 0 Å². The number of hydrogen-bond donors (Lipinski definition) is 1. The minimum Gasteiger partial charge on any atom is -0.444 e. The van der Waals surface area contributed by atoms with E-state index in [4.69, 9.17) is 14.2 Å². The average molecular weight is 302 g/mol. The van der Waals surface area contributed by atoms with E-state index < -0.39 is 17.5 Å². The van der Waals surface area contributed by atoms with Crippen molar-refractivity contribution in [3.63, 3.8) is 0 Å². The van der Waals surface area contributed by atoms with Crippen LogP contribution in [0, 0.1) is 0 Å². The second-order valence-electron chi connectivity index (χ2n) is 6.06. The van der Waals surface area contributed by atoms with Crippen LogP contribution in [0.2, 0.25) is 0 Å². The molecule has 0 saturated carbocycles. The third-order valence-electron chi connectivity index (χ3n) is 3.40. The molecule has 0 unspecified atom stereocenters. The van der Waals surface area contributed by atoms with Crippen molar-refractivity contribution in [1.29, 1.82) is 0 Å². The van der Waals surface area contributed by atoms with Gasteiger partial charge in [-0.15, -0.1) is 0 Å². The molecule has 7 nitrogen and oxygen atoms in total. The van der Waals surface area contributed by atoms with Crippen LogP contribution in [0.1, 0.15) is 33.6 Å². The van der Waals surface area contributed by atoms with Gasteiger partial charge in [-0.1, -0.05) is 0 Å². The SMILES string of the molecule is COC1(OC)CCN(C(=O)CNC(=O)OC(C)(C)C)CC1. The molecule has 0 aromatic rings. The molecule has 1 fully saturated rings. The van der Waals surface area contributed by atoms with Crippen LogP contribution >= 0.6 is 0 Å². The number of ether oxygens (including phenoxy) is 3. The minimum atomic E-state index is -0.602. The van der Waals surface area contributed by atoms with Gasteiger partial charge in [0, 0.05) is 40.2 Å². The predicted molar refractivity (Wildman–Crippen MR) is 76.8 cm³/mol. The molecular weight excluding hydrogens is 276 g/mol. The maximum Gasteiger partial charge on any atom is 0.408 e. The molecule has 1 N–H and O–H groups in total. The van der Waals surface area contributed by atoms with Gasteiger partial charge in [0.2, 0.25) is 5.91 Å². The van der Waals surface area contributed by atoms with E-state index in [1.807, 2.05) is 0 Å². The fourth-order valence-electron chi connectivity index (χ4n) is 2.16. The molecule has 21 heavy (non-hydrogen) atoms. The first-order valence-corrected chi connectivity index (χ1v) is 7.06. The van der Waals surface area contributed by atoms with Crippen molar-refractivity contribution in [1.82, 2.24) is 10.2 Å².